The third kappa shape index (κ3) is 1.68. The molecule has 0 aromatic carbocycles. The van der Waals surface area contributed by atoms with Gasteiger partial charge >= 0.3 is 0 Å². The standard InChI is InChI=1S/C11H14O3/c1-8-10(4-6-14-8)11(12)9-3-2-5-13-7-9/h4,6-7,11-12H,2-3,5H2,1H3. The number of aliphatic hydroxyl groups is 1. The van der Waals surface area contributed by atoms with Gasteiger partial charge in [0.1, 0.15) is 11.9 Å². The van der Waals surface area contributed by atoms with Crippen LogP contribution in [-0.2, 0) is 4.74 Å². The molecule has 0 saturated carbocycles. The fourth-order valence-corrected chi connectivity index (χ4v) is 1.66. The Kier molecular flexibility index (Phi) is 2.59. The van der Waals surface area contributed by atoms with E-state index in [1.54, 1.807) is 18.6 Å². The van der Waals surface area contributed by atoms with Gasteiger partial charge in [0.25, 0.3) is 0 Å². The molecule has 1 unspecified atom stereocenters. The van der Waals surface area contributed by atoms with Crippen LogP contribution in [0.2, 0.25) is 0 Å². The molecule has 3 heteroatoms. The zero-order chi connectivity index (χ0) is 9.97. The van der Waals surface area contributed by atoms with Crippen LogP contribution in [0.3, 0.4) is 0 Å². The molecule has 0 spiro atoms. The molecule has 0 amide bonds. The summed E-state index contributed by atoms with van der Waals surface area (Å²) in [6, 6.07) is 1.80. The van der Waals surface area contributed by atoms with Gasteiger partial charge in [0.15, 0.2) is 0 Å². The zero-order valence-corrected chi connectivity index (χ0v) is 8.19. The summed E-state index contributed by atoms with van der Waals surface area (Å²) >= 11 is 0. The second-order valence-corrected chi connectivity index (χ2v) is 3.50. The van der Waals surface area contributed by atoms with Crippen molar-refractivity contribution in [2.75, 3.05) is 6.61 Å². The molecule has 14 heavy (non-hydrogen) atoms. The Morgan fingerprint density at radius 3 is 2.93 bits per heavy atom. The smallest absolute Gasteiger partial charge is 0.107 e. The van der Waals surface area contributed by atoms with Crippen LogP contribution in [0, 0.1) is 6.92 Å². The maximum Gasteiger partial charge on any atom is 0.107 e. The van der Waals surface area contributed by atoms with Crippen molar-refractivity contribution in [3.63, 3.8) is 0 Å². The molecule has 76 valence electrons. The summed E-state index contributed by atoms with van der Waals surface area (Å²) in [6.07, 6.45) is 4.55. The SMILES string of the molecule is Cc1occc1C(O)C1=COCCC1. The van der Waals surface area contributed by atoms with E-state index in [1.807, 2.05) is 6.92 Å². The summed E-state index contributed by atoms with van der Waals surface area (Å²) in [5.74, 6) is 0.768. The molecule has 2 rings (SSSR count). The van der Waals surface area contributed by atoms with Gasteiger partial charge in [-0.3, -0.25) is 0 Å². The molecule has 0 saturated heterocycles. The largest absolute Gasteiger partial charge is 0.501 e. The van der Waals surface area contributed by atoms with Crippen molar-refractivity contribution in [3.8, 4) is 0 Å². The maximum atomic E-state index is 10.0. The molecule has 0 fully saturated rings. The van der Waals surface area contributed by atoms with E-state index < -0.39 is 6.10 Å². The fourth-order valence-electron chi connectivity index (χ4n) is 1.66. The molecule has 2 heterocycles. The quantitative estimate of drug-likeness (QED) is 0.785. The summed E-state index contributed by atoms with van der Waals surface area (Å²) in [4.78, 5) is 0. The Labute approximate surface area is 83.0 Å². The molecule has 1 atom stereocenters. The van der Waals surface area contributed by atoms with Crippen LogP contribution >= 0.6 is 0 Å². The van der Waals surface area contributed by atoms with Crippen molar-refractivity contribution >= 4 is 0 Å². The van der Waals surface area contributed by atoms with Crippen LogP contribution in [0.4, 0.5) is 0 Å². The first-order valence-electron chi connectivity index (χ1n) is 4.81. The van der Waals surface area contributed by atoms with Crippen LogP contribution < -0.4 is 0 Å². The summed E-state index contributed by atoms with van der Waals surface area (Å²) < 4.78 is 10.3. The van der Waals surface area contributed by atoms with Gasteiger partial charge in [-0.15, -0.1) is 0 Å². The highest BCUT2D eigenvalue weighted by Crippen LogP contribution is 2.29. The van der Waals surface area contributed by atoms with Crippen molar-refractivity contribution in [2.24, 2.45) is 0 Å². The lowest BCUT2D eigenvalue weighted by Gasteiger charge is -2.18. The molecule has 0 bridgehead atoms. The molecule has 0 radical (unpaired) electrons. The van der Waals surface area contributed by atoms with Crippen molar-refractivity contribution < 1.29 is 14.3 Å². The minimum atomic E-state index is -0.575. The minimum Gasteiger partial charge on any atom is -0.501 e. The highest BCUT2D eigenvalue weighted by atomic mass is 16.5. The number of hydrogen-bond donors (Lipinski definition) is 1. The van der Waals surface area contributed by atoms with Gasteiger partial charge in [-0.25, -0.2) is 0 Å². The molecule has 0 aliphatic carbocycles. The summed E-state index contributed by atoms with van der Waals surface area (Å²) in [5.41, 5.74) is 1.77. The average Bonchev–Trinajstić information content (AvgIpc) is 2.65. The van der Waals surface area contributed by atoms with Crippen LogP contribution in [-0.4, -0.2) is 11.7 Å². The lowest BCUT2D eigenvalue weighted by molar-refractivity contribution is 0.169. The van der Waals surface area contributed by atoms with Gasteiger partial charge in [-0.2, -0.15) is 0 Å². The van der Waals surface area contributed by atoms with Crippen LogP contribution in [0.5, 0.6) is 0 Å². The predicted octanol–water partition coefficient (Wildman–Crippen LogP) is 2.32. The third-order valence-electron chi connectivity index (χ3n) is 2.51. The summed E-state index contributed by atoms with van der Waals surface area (Å²) in [6.45, 7) is 2.60. The number of hydrogen-bond acceptors (Lipinski definition) is 3. The Balaban J connectivity index is 2.19. The normalized spacial score (nSPS) is 18.6. The van der Waals surface area contributed by atoms with Crippen molar-refractivity contribution in [1.29, 1.82) is 0 Å². The molecular weight excluding hydrogens is 180 g/mol. The maximum absolute atomic E-state index is 10.0. The van der Waals surface area contributed by atoms with E-state index in [0.717, 1.165) is 36.3 Å². The lowest BCUT2D eigenvalue weighted by Crippen LogP contribution is -2.07. The average molecular weight is 194 g/mol. The highest BCUT2D eigenvalue weighted by molar-refractivity contribution is 5.27. The highest BCUT2D eigenvalue weighted by Gasteiger charge is 2.19. The Hall–Kier alpha value is -1.22. The van der Waals surface area contributed by atoms with E-state index in [-0.39, 0.29) is 0 Å². The van der Waals surface area contributed by atoms with Crippen LogP contribution in [0.15, 0.2) is 28.6 Å². The molecule has 1 aliphatic heterocycles. The number of aryl methyl sites for hydroxylation is 1. The van der Waals surface area contributed by atoms with Gasteiger partial charge < -0.3 is 14.3 Å². The number of rotatable bonds is 2. The number of aliphatic hydroxyl groups excluding tert-OH is 1. The van der Waals surface area contributed by atoms with E-state index in [2.05, 4.69) is 0 Å². The third-order valence-corrected chi connectivity index (χ3v) is 2.51. The topological polar surface area (TPSA) is 42.6 Å². The Morgan fingerprint density at radius 1 is 1.50 bits per heavy atom. The van der Waals surface area contributed by atoms with Gasteiger partial charge in [0.05, 0.1) is 19.1 Å². The first kappa shape index (κ1) is 9.34. The first-order chi connectivity index (χ1) is 6.79. The Morgan fingerprint density at radius 2 is 2.36 bits per heavy atom. The zero-order valence-electron chi connectivity index (χ0n) is 8.19. The van der Waals surface area contributed by atoms with Crippen molar-refractivity contribution in [2.45, 2.75) is 25.9 Å². The first-order valence-corrected chi connectivity index (χ1v) is 4.81. The second-order valence-electron chi connectivity index (χ2n) is 3.50. The minimum absolute atomic E-state index is 0.575. The molecule has 1 aromatic heterocycles. The molecule has 1 aliphatic rings. The van der Waals surface area contributed by atoms with E-state index in [0.29, 0.717) is 0 Å². The van der Waals surface area contributed by atoms with Crippen molar-refractivity contribution in [3.05, 3.63) is 35.5 Å². The Bertz CT molecular complexity index is 338. The van der Waals surface area contributed by atoms with Gasteiger partial charge in [0, 0.05) is 5.56 Å². The van der Waals surface area contributed by atoms with Crippen molar-refractivity contribution in [1.82, 2.24) is 0 Å². The number of furan rings is 1. The fraction of sp³-hybridized carbons (Fsp3) is 0.455. The second kappa shape index (κ2) is 3.88. The van der Waals surface area contributed by atoms with Gasteiger partial charge in [-0.1, -0.05) is 0 Å². The lowest BCUT2D eigenvalue weighted by atomic mass is 9.98. The van der Waals surface area contributed by atoms with Gasteiger partial charge in [-0.05, 0) is 31.4 Å². The molecular formula is C11H14O3. The molecule has 3 nitrogen and oxygen atoms in total. The van der Waals surface area contributed by atoms with E-state index >= 15 is 0 Å². The number of ether oxygens (including phenoxy) is 1. The van der Waals surface area contributed by atoms with E-state index in [9.17, 15) is 5.11 Å². The van der Waals surface area contributed by atoms with E-state index in [1.165, 1.54) is 0 Å². The molecule has 1 N–H and O–H groups in total. The monoisotopic (exact) mass is 194 g/mol. The summed E-state index contributed by atoms with van der Waals surface area (Å²) in [7, 11) is 0. The molecule has 1 aromatic rings. The van der Waals surface area contributed by atoms with Gasteiger partial charge in [0.2, 0.25) is 0 Å². The van der Waals surface area contributed by atoms with Crippen LogP contribution in [0.1, 0.15) is 30.3 Å². The van der Waals surface area contributed by atoms with E-state index in [4.69, 9.17) is 9.15 Å². The van der Waals surface area contributed by atoms with Crippen LogP contribution in [0.25, 0.3) is 0 Å². The summed E-state index contributed by atoms with van der Waals surface area (Å²) in [5, 5.41) is 10.0. The predicted molar refractivity (Wildman–Crippen MR) is 51.7 cm³/mol.